The molecule has 4 nitrogen and oxygen atoms in total. The van der Waals surface area contributed by atoms with Gasteiger partial charge in [0.15, 0.2) is 0 Å². The molecule has 0 atom stereocenters. The van der Waals surface area contributed by atoms with Gasteiger partial charge in [-0.15, -0.1) is 0 Å². The minimum absolute atomic E-state index is 0.0709. The molecule has 0 bridgehead atoms. The molecule has 0 saturated heterocycles. The van der Waals surface area contributed by atoms with Crippen molar-refractivity contribution in [2.24, 2.45) is 11.1 Å². The lowest BCUT2D eigenvalue weighted by Crippen LogP contribution is -2.48. The molecule has 0 unspecified atom stereocenters. The van der Waals surface area contributed by atoms with Gasteiger partial charge in [0.25, 0.3) is 0 Å². The van der Waals surface area contributed by atoms with E-state index in [4.69, 9.17) is 10.5 Å². The Morgan fingerprint density at radius 3 is 2.57 bits per heavy atom. The number of nitrogens with two attached hydrogens (primary N) is 1. The van der Waals surface area contributed by atoms with Crippen LogP contribution >= 0.6 is 0 Å². The van der Waals surface area contributed by atoms with E-state index in [9.17, 15) is 4.79 Å². The first kappa shape index (κ1) is 17.8. The quantitative estimate of drug-likeness (QED) is 0.877. The first-order chi connectivity index (χ1) is 10.8. The highest BCUT2D eigenvalue weighted by molar-refractivity contribution is 5.88. The van der Waals surface area contributed by atoms with Crippen molar-refractivity contribution in [1.29, 1.82) is 0 Å². The number of likely N-dealkylation sites (N-methyl/N-ethyl adjacent to an activating group) is 1. The molecule has 2 rings (SSSR count). The zero-order chi connectivity index (χ0) is 17.1. The molecule has 1 saturated carbocycles. The molecule has 0 radical (unpaired) electrons. The Bertz CT molecular complexity index is 548. The summed E-state index contributed by atoms with van der Waals surface area (Å²) in [6.07, 6.45) is 4.01. The van der Waals surface area contributed by atoms with Crippen LogP contribution in [0.1, 0.15) is 45.1 Å². The van der Waals surface area contributed by atoms with Crippen LogP contribution < -0.4 is 10.5 Å². The molecule has 1 aliphatic carbocycles. The highest BCUT2D eigenvalue weighted by atomic mass is 16.5. The van der Waals surface area contributed by atoms with E-state index in [1.165, 1.54) is 0 Å². The lowest BCUT2D eigenvalue weighted by atomic mass is 9.77. The van der Waals surface area contributed by atoms with Crippen molar-refractivity contribution in [3.05, 3.63) is 29.8 Å². The third-order valence-electron chi connectivity index (χ3n) is 5.05. The molecule has 1 aromatic carbocycles. The minimum atomic E-state index is -0.409. The molecule has 0 aromatic heterocycles. The van der Waals surface area contributed by atoms with Crippen molar-refractivity contribution < 1.29 is 9.53 Å². The Morgan fingerprint density at radius 1 is 1.35 bits per heavy atom. The molecule has 128 valence electrons. The second-order valence-electron chi connectivity index (χ2n) is 7.55. The molecular weight excluding hydrogens is 288 g/mol. The van der Waals surface area contributed by atoms with Crippen LogP contribution in [-0.4, -0.2) is 38.1 Å². The van der Waals surface area contributed by atoms with Gasteiger partial charge in [0, 0.05) is 13.6 Å². The zero-order valence-electron chi connectivity index (χ0n) is 14.9. The number of ether oxygens (including phenoxy) is 1. The molecule has 0 heterocycles. The highest BCUT2D eigenvalue weighted by Gasteiger charge is 2.44. The van der Waals surface area contributed by atoms with Crippen molar-refractivity contribution in [3.8, 4) is 5.75 Å². The maximum Gasteiger partial charge on any atom is 0.232 e. The maximum atomic E-state index is 13.3. The van der Waals surface area contributed by atoms with E-state index in [-0.39, 0.29) is 11.3 Å². The predicted molar refractivity (Wildman–Crippen MR) is 93.6 cm³/mol. The monoisotopic (exact) mass is 318 g/mol. The number of amides is 1. The van der Waals surface area contributed by atoms with Crippen molar-refractivity contribution >= 4 is 5.91 Å². The van der Waals surface area contributed by atoms with E-state index in [0.717, 1.165) is 37.0 Å². The smallest absolute Gasteiger partial charge is 0.232 e. The molecule has 0 aliphatic heterocycles. The van der Waals surface area contributed by atoms with E-state index >= 15 is 0 Å². The molecule has 1 aromatic rings. The predicted octanol–water partition coefficient (Wildman–Crippen LogP) is 2.95. The van der Waals surface area contributed by atoms with Gasteiger partial charge in [0.2, 0.25) is 5.91 Å². The van der Waals surface area contributed by atoms with Crippen LogP contribution in [0.25, 0.3) is 0 Å². The van der Waals surface area contributed by atoms with E-state index < -0.39 is 5.41 Å². The zero-order valence-corrected chi connectivity index (χ0v) is 14.9. The van der Waals surface area contributed by atoms with Crippen LogP contribution in [0.3, 0.4) is 0 Å². The highest BCUT2D eigenvalue weighted by Crippen LogP contribution is 2.43. The molecule has 1 aliphatic rings. The molecule has 2 N–H and O–H groups in total. The number of nitrogens with zero attached hydrogens (tertiary/aromatic N) is 1. The third kappa shape index (κ3) is 3.69. The van der Waals surface area contributed by atoms with Gasteiger partial charge in [0.1, 0.15) is 5.75 Å². The lowest BCUT2D eigenvalue weighted by Gasteiger charge is -2.36. The number of hydrogen-bond acceptors (Lipinski definition) is 3. The van der Waals surface area contributed by atoms with Gasteiger partial charge in [0.05, 0.1) is 12.5 Å². The van der Waals surface area contributed by atoms with Crippen LogP contribution in [0, 0.1) is 5.41 Å². The maximum absolute atomic E-state index is 13.3. The van der Waals surface area contributed by atoms with Crippen LogP contribution in [0.5, 0.6) is 5.75 Å². The average Bonchev–Trinajstić information content (AvgIpc) is 3.04. The largest absolute Gasteiger partial charge is 0.497 e. The summed E-state index contributed by atoms with van der Waals surface area (Å²) in [6, 6.07) is 7.99. The molecule has 1 fully saturated rings. The number of benzene rings is 1. The summed E-state index contributed by atoms with van der Waals surface area (Å²) in [5.74, 6) is 1.02. The Labute approximate surface area is 140 Å². The summed E-state index contributed by atoms with van der Waals surface area (Å²) in [5.41, 5.74) is 6.44. The Hall–Kier alpha value is -1.55. The first-order valence-corrected chi connectivity index (χ1v) is 8.45. The fourth-order valence-corrected chi connectivity index (χ4v) is 3.67. The molecule has 1 amide bonds. The average molecular weight is 318 g/mol. The van der Waals surface area contributed by atoms with Gasteiger partial charge in [-0.05, 0) is 42.5 Å². The summed E-state index contributed by atoms with van der Waals surface area (Å²) in [5, 5.41) is 0. The van der Waals surface area contributed by atoms with E-state index in [1.807, 2.05) is 30.1 Å². The summed E-state index contributed by atoms with van der Waals surface area (Å²) >= 11 is 0. The number of carbonyl (C=O) groups excluding carboxylic acids is 1. The number of rotatable bonds is 6. The second kappa shape index (κ2) is 6.91. The Morgan fingerprint density at radius 2 is 2.00 bits per heavy atom. The topological polar surface area (TPSA) is 55.6 Å². The fourth-order valence-electron chi connectivity index (χ4n) is 3.67. The van der Waals surface area contributed by atoms with Gasteiger partial charge >= 0.3 is 0 Å². The van der Waals surface area contributed by atoms with Crippen molar-refractivity contribution in [3.63, 3.8) is 0 Å². The van der Waals surface area contributed by atoms with Crippen LogP contribution in [0.2, 0.25) is 0 Å². The van der Waals surface area contributed by atoms with Gasteiger partial charge in [-0.3, -0.25) is 4.79 Å². The van der Waals surface area contributed by atoms with Gasteiger partial charge in [-0.2, -0.15) is 0 Å². The SMILES string of the molecule is COc1cccc(C2(C(=O)N(C)CC(C)(C)CN)CCCC2)c1. The Kier molecular flexibility index (Phi) is 5.35. The van der Waals surface area contributed by atoms with Crippen molar-refractivity contribution in [1.82, 2.24) is 4.90 Å². The molecule has 0 spiro atoms. The van der Waals surface area contributed by atoms with E-state index in [1.54, 1.807) is 7.11 Å². The number of methoxy groups -OCH3 is 1. The van der Waals surface area contributed by atoms with Crippen LogP contribution in [0.4, 0.5) is 0 Å². The summed E-state index contributed by atoms with van der Waals surface area (Å²) in [4.78, 5) is 15.2. The van der Waals surface area contributed by atoms with Gasteiger partial charge < -0.3 is 15.4 Å². The fraction of sp³-hybridized carbons (Fsp3) is 0.632. The lowest BCUT2D eigenvalue weighted by molar-refractivity contribution is -0.137. The minimum Gasteiger partial charge on any atom is -0.497 e. The third-order valence-corrected chi connectivity index (χ3v) is 5.05. The standard InChI is InChI=1S/C19H30N2O2/c1-18(2,13-20)14-21(3)17(22)19(10-5-6-11-19)15-8-7-9-16(12-15)23-4/h7-9,12H,5-6,10-11,13-14,20H2,1-4H3. The van der Waals surface area contributed by atoms with Gasteiger partial charge in [-0.1, -0.05) is 38.8 Å². The number of carbonyl (C=O) groups is 1. The van der Waals surface area contributed by atoms with Crippen molar-refractivity contribution in [2.75, 3.05) is 27.2 Å². The number of hydrogen-bond donors (Lipinski definition) is 1. The normalized spacial score (nSPS) is 17.1. The summed E-state index contributed by atoms with van der Waals surface area (Å²) in [7, 11) is 3.57. The summed E-state index contributed by atoms with van der Waals surface area (Å²) < 4.78 is 5.36. The molecule has 4 heteroatoms. The Balaban J connectivity index is 2.31. The van der Waals surface area contributed by atoms with E-state index in [2.05, 4.69) is 19.9 Å². The van der Waals surface area contributed by atoms with Crippen molar-refractivity contribution in [2.45, 2.75) is 44.9 Å². The van der Waals surface area contributed by atoms with E-state index in [0.29, 0.717) is 13.1 Å². The van der Waals surface area contributed by atoms with Crippen LogP contribution in [-0.2, 0) is 10.2 Å². The first-order valence-electron chi connectivity index (χ1n) is 8.45. The summed E-state index contributed by atoms with van der Waals surface area (Å²) in [6.45, 7) is 5.44. The van der Waals surface area contributed by atoms with Gasteiger partial charge in [-0.25, -0.2) is 0 Å². The molecule has 23 heavy (non-hydrogen) atoms. The second-order valence-corrected chi connectivity index (χ2v) is 7.55. The molecular formula is C19H30N2O2. The van der Waals surface area contributed by atoms with Crippen LogP contribution in [0.15, 0.2) is 24.3 Å².